The molecule has 6 nitrogen and oxygen atoms in total. The first-order chi connectivity index (χ1) is 16.0. The zero-order valence-electron chi connectivity index (χ0n) is 17.9. The van der Waals surface area contributed by atoms with Crippen LogP contribution in [0.3, 0.4) is 0 Å². The molecule has 168 valence electrons. The molecule has 0 atom stereocenters. The second kappa shape index (κ2) is 10.1. The van der Waals surface area contributed by atoms with Crippen molar-refractivity contribution in [1.82, 2.24) is 14.8 Å². The first-order valence-electron chi connectivity index (χ1n) is 10.00. The van der Waals surface area contributed by atoms with Gasteiger partial charge in [-0.2, -0.15) is 0 Å². The van der Waals surface area contributed by atoms with E-state index in [0.29, 0.717) is 22.4 Å². The van der Waals surface area contributed by atoms with Gasteiger partial charge in [0, 0.05) is 5.69 Å². The SMILES string of the molecule is COc1ccccc1-c1nnc(SCC(=O)Nc2ccc(F)cc2Cl)n1-c1ccc(C)cc1. The molecule has 33 heavy (non-hydrogen) atoms. The standard InChI is InChI=1S/C24H20ClFN4O2S/c1-15-7-10-17(11-8-15)30-23(18-5-3-4-6-21(18)32-2)28-29-24(30)33-14-22(31)27-20-12-9-16(26)13-19(20)25/h3-13H,14H2,1-2H3,(H,27,31). The summed E-state index contributed by atoms with van der Waals surface area (Å²) in [6.07, 6.45) is 0. The van der Waals surface area contributed by atoms with E-state index >= 15 is 0 Å². The van der Waals surface area contributed by atoms with Crippen LogP contribution in [0.15, 0.2) is 71.9 Å². The Morgan fingerprint density at radius 3 is 2.61 bits per heavy atom. The van der Waals surface area contributed by atoms with Crippen molar-refractivity contribution in [2.45, 2.75) is 12.1 Å². The summed E-state index contributed by atoms with van der Waals surface area (Å²) in [5.41, 5.74) is 3.10. The number of carbonyl (C=O) groups is 1. The number of aromatic nitrogens is 3. The molecule has 0 bridgehead atoms. The minimum absolute atomic E-state index is 0.0592. The van der Waals surface area contributed by atoms with Gasteiger partial charge in [0.15, 0.2) is 11.0 Å². The number of ether oxygens (including phenoxy) is 1. The number of halogens is 2. The van der Waals surface area contributed by atoms with Crippen molar-refractivity contribution in [3.8, 4) is 22.8 Å². The molecule has 1 amide bonds. The van der Waals surface area contributed by atoms with E-state index in [9.17, 15) is 9.18 Å². The number of methoxy groups -OCH3 is 1. The first-order valence-corrected chi connectivity index (χ1v) is 11.4. The summed E-state index contributed by atoms with van der Waals surface area (Å²) >= 11 is 7.24. The second-order valence-corrected chi connectivity index (χ2v) is 8.49. The molecule has 1 heterocycles. The molecule has 3 aromatic carbocycles. The maximum Gasteiger partial charge on any atom is 0.234 e. The molecular weight excluding hydrogens is 463 g/mol. The molecule has 0 radical (unpaired) electrons. The van der Waals surface area contributed by atoms with Gasteiger partial charge in [0.25, 0.3) is 0 Å². The van der Waals surface area contributed by atoms with E-state index in [-0.39, 0.29) is 16.7 Å². The van der Waals surface area contributed by atoms with Gasteiger partial charge in [-0.15, -0.1) is 10.2 Å². The van der Waals surface area contributed by atoms with E-state index in [4.69, 9.17) is 16.3 Å². The predicted molar refractivity (Wildman–Crippen MR) is 129 cm³/mol. The lowest BCUT2D eigenvalue weighted by molar-refractivity contribution is -0.113. The maximum absolute atomic E-state index is 13.3. The average Bonchev–Trinajstić information content (AvgIpc) is 3.24. The molecule has 0 fully saturated rings. The van der Waals surface area contributed by atoms with Crippen LogP contribution in [-0.4, -0.2) is 33.5 Å². The van der Waals surface area contributed by atoms with Crippen LogP contribution >= 0.6 is 23.4 Å². The van der Waals surface area contributed by atoms with E-state index < -0.39 is 5.82 Å². The number of rotatable bonds is 7. The van der Waals surface area contributed by atoms with Crippen molar-refractivity contribution in [2.75, 3.05) is 18.2 Å². The summed E-state index contributed by atoms with van der Waals surface area (Å²) in [5, 5.41) is 12.1. The summed E-state index contributed by atoms with van der Waals surface area (Å²) < 4.78 is 20.7. The summed E-state index contributed by atoms with van der Waals surface area (Å²) in [6, 6.07) is 19.3. The van der Waals surface area contributed by atoms with E-state index in [1.807, 2.05) is 60.0 Å². The van der Waals surface area contributed by atoms with Crippen molar-refractivity contribution in [3.05, 3.63) is 83.1 Å². The van der Waals surface area contributed by atoms with Crippen molar-refractivity contribution < 1.29 is 13.9 Å². The van der Waals surface area contributed by atoms with E-state index in [1.54, 1.807) is 7.11 Å². The topological polar surface area (TPSA) is 69.0 Å². The zero-order valence-corrected chi connectivity index (χ0v) is 19.5. The Bertz CT molecular complexity index is 1290. The van der Waals surface area contributed by atoms with Crippen LogP contribution in [0.25, 0.3) is 17.1 Å². The molecule has 0 aliphatic carbocycles. The zero-order chi connectivity index (χ0) is 23.4. The van der Waals surface area contributed by atoms with Crippen LogP contribution in [0.4, 0.5) is 10.1 Å². The van der Waals surface area contributed by atoms with Gasteiger partial charge in [0.2, 0.25) is 5.91 Å². The van der Waals surface area contributed by atoms with E-state index in [2.05, 4.69) is 15.5 Å². The molecule has 4 rings (SSSR count). The van der Waals surface area contributed by atoms with Crippen LogP contribution in [0.1, 0.15) is 5.56 Å². The number of hydrogen-bond donors (Lipinski definition) is 1. The lowest BCUT2D eigenvalue weighted by atomic mass is 10.1. The largest absolute Gasteiger partial charge is 0.496 e. The Morgan fingerprint density at radius 1 is 1.12 bits per heavy atom. The van der Waals surface area contributed by atoms with Crippen molar-refractivity contribution in [1.29, 1.82) is 0 Å². The summed E-state index contributed by atoms with van der Waals surface area (Å²) in [6.45, 7) is 2.01. The third-order valence-corrected chi connectivity index (χ3v) is 6.05. The van der Waals surface area contributed by atoms with Crippen LogP contribution < -0.4 is 10.1 Å². The number of para-hydroxylation sites is 1. The molecule has 0 spiro atoms. The Morgan fingerprint density at radius 2 is 1.88 bits per heavy atom. The molecule has 9 heteroatoms. The number of anilines is 1. The Kier molecular flexibility index (Phi) is 6.96. The lowest BCUT2D eigenvalue weighted by Crippen LogP contribution is -2.15. The highest BCUT2D eigenvalue weighted by atomic mass is 35.5. The molecule has 0 saturated heterocycles. The van der Waals surface area contributed by atoms with Crippen LogP contribution in [0.5, 0.6) is 5.75 Å². The fraction of sp³-hybridized carbons (Fsp3) is 0.125. The third kappa shape index (κ3) is 5.18. The third-order valence-electron chi connectivity index (χ3n) is 4.81. The minimum Gasteiger partial charge on any atom is -0.496 e. The molecule has 0 unspecified atom stereocenters. The van der Waals surface area contributed by atoms with E-state index in [1.165, 1.54) is 23.9 Å². The Balaban J connectivity index is 1.63. The highest BCUT2D eigenvalue weighted by molar-refractivity contribution is 7.99. The van der Waals surface area contributed by atoms with Gasteiger partial charge in [-0.25, -0.2) is 4.39 Å². The first kappa shape index (κ1) is 22.8. The van der Waals surface area contributed by atoms with Crippen molar-refractivity contribution >= 4 is 35.0 Å². The van der Waals surface area contributed by atoms with Gasteiger partial charge in [0.1, 0.15) is 11.6 Å². The van der Waals surface area contributed by atoms with Crippen LogP contribution in [0.2, 0.25) is 5.02 Å². The summed E-state index contributed by atoms with van der Waals surface area (Å²) in [7, 11) is 1.60. The Labute approximate surface area is 199 Å². The van der Waals surface area contributed by atoms with Gasteiger partial charge in [-0.05, 0) is 49.4 Å². The molecule has 0 saturated carbocycles. The number of carbonyl (C=O) groups excluding carboxylic acids is 1. The number of nitrogens with one attached hydrogen (secondary N) is 1. The smallest absolute Gasteiger partial charge is 0.234 e. The van der Waals surface area contributed by atoms with Gasteiger partial charge in [-0.3, -0.25) is 9.36 Å². The number of hydrogen-bond acceptors (Lipinski definition) is 5. The van der Waals surface area contributed by atoms with Crippen molar-refractivity contribution in [3.63, 3.8) is 0 Å². The Hall–Kier alpha value is -3.36. The molecule has 1 aromatic heterocycles. The fourth-order valence-corrected chi connectivity index (χ4v) is 4.17. The molecule has 0 aliphatic rings. The van der Waals surface area contributed by atoms with Crippen LogP contribution in [0, 0.1) is 12.7 Å². The normalized spacial score (nSPS) is 10.8. The summed E-state index contributed by atoms with van der Waals surface area (Å²) in [4.78, 5) is 12.5. The average molecular weight is 483 g/mol. The number of thioether (sulfide) groups is 1. The number of aryl methyl sites for hydroxylation is 1. The van der Waals surface area contributed by atoms with Gasteiger partial charge >= 0.3 is 0 Å². The minimum atomic E-state index is -0.470. The van der Waals surface area contributed by atoms with Gasteiger partial charge in [0.05, 0.1) is 29.1 Å². The second-order valence-electron chi connectivity index (χ2n) is 7.14. The lowest BCUT2D eigenvalue weighted by Gasteiger charge is -2.13. The molecule has 4 aromatic rings. The highest BCUT2D eigenvalue weighted by Gasteiger charge is 2.20. The van der Waals surface area contributed by atoms with Gasteiger partial charge in [-0.1, -0.05) is 53.2 Å². The number of nitrogens with zero attached hydrogens (tertiary/aromatic N) is 3. The fourth-order valence-electron chi connectivity index (χ4n) is 3.20. The highest BCUT2D eigenvalue weighted by Crippen LogP contribution is 2.33. The van der Waals surface area contributed by atoms with Crippen molar-refractivity contribution in [2.24, 2.45) is 0 Å². The maximum atomic E-state index is 13.3. The van der Waals surface area contributed by atoms with Gasteiger partial charge < -0.3 is 10.1 Å². The molecule has 1 N–H and O–H groups in total. The quantitative estimate of drug-likeness (QED) is 0.338. The monoisotopic (exact) mass is 482 g/mol. The molecule has 0 aliphatic heterocycles. The van der Waals surface area contributed by atoms with E-state index in [0.717, 1.165) is 22.9 Å². The number of benzene rings is 3. The van der Waals surface area contributed by atoms with Crippen LogP contribution in [-0.2, 0) is 4.79 Å². The molecular formula is C24H20ClFN4O2S. The summed E-state index contributed by atoms with van der Waals surface area (Å²) in [5.74, 6) is 0.552. The predicted octanol–water partition coefficient (Wildman–Crippen LogP) is 5.77. The number of amides is 1.